The van der Waals surface area contributed by atoms with Gasteiger partial charge in [0.15, 0.2) is 17.5 Å². The van der Waals surface area contributed by atoms with E-state index in [2.05, 4.69) is 48.3 Å². The van der Waals surface area contributed by atoms with Crippen LogP contribution in [0.2, 0.25) is 0 Å². The summed E-state index contributed by atoms with van der Waals surface area (Å²) in [6.45, 7) is 4.12. The Bertz CT molecular complexity index is 1280. The summed E-state index contributed by atoms with van der Waals surface area (Å²) >= 11 is 0. The highest BCUT2D eigenvalue weighted by molar-refractivity contribution is 5.66. The molecule has 2 aromatic heterocycles. The highest BCUT2D eigenvalue weighted by Crippen LogP contribution is 2.25. The van der Waals surface area contributed by atoms with Gasteiger partial charge in [-0.1, -0.05) is 90.0 Å². The number of rotatable bonds is 4. The molecule has 0 N–H and O–H groups in total. The Balaban J connectivity index is 1.60. The molecule has 0 atom stereocenters. The Morgan fingerprint density at radius 2 is 0.875 bits per heavy atom. The molecule has 0 unspecified atom stereocenters. The minimum atomic E-state index is 0.498. The van der Waals surface area contributed by atoms with E-state index in [1.54, 1.807) is 0 Å². The lowest BCUT2D eigenvalue weighted by Gasteiger charge is -2.08. The highest BCUT2D eigenvalue weighted by Gasteiger charge is 2.13. The van der Waals surface area contributed by atoms with Crippen LogP contribution in [0.4, 0.5) is 0 Å². The van der Waals surface area contributed by atoms with Gasteiger partial charge in [-0.15, -0.1) is 10.2 Å². The summed E-state index contributed by atoms with van der Waals surface area (Å²) in [6.07, 6.45) is 0. The lowest BCUT2D eigenvalue weighted by molar-refractivity contribution is 0.999. The van der Waals surface area contributed by atoms with Crippen molar-refractivity contribution in [3.05, 3.63) is 102 Å². The summed E-state index contributed by atoms with van der Waals surface area (Å²) < 4.78 is 0. The molecule has 0 aliphatic rings. The van der Waals surface area contributed by atoms with Crippen LogP contribution in [0, 0.1) is 13.8 Å². The summed E-state index contributed by atoms with van der Waals surface area (Å²) in [5.41, 5.74) is 6.66. The third kappa shape index (κ3) is 4.14. The lowest BCUT2D eigenvalue weighted by atomic mass is 10.1. The number of benzene rings is 3. The van der Waals surface area contributed by atoms with Crippen molar-refractivity contribution in [2.75, 3.05) is 0 Å². The van der Waals surface area contributed by atoms with E-state index in [4.69, 9.17) is 15.0 Å². The Morgan fingerprint density at radius 3 is 1.38 bits per heavy atom. The van der Waals surface area contributed by atoms with Crippen molar-refractivity contribution in [2.45, 2.75) is 13.8 Å². The van der Waals surface area contributed by atoms with Gasteiger partial charge < -0.3 is 0 Å². The first kappa shape index (κ1) is 19.7. The molecule has 5 rings (SSSR count). The molecule has 0 radical (unpaired) electrons. The van der Waals surface area contributed by atoms with Crippen LogP contribution in [0.15, 0.2) is 91.0 Å². The maximum atomic E-state index is 4.75. The van der Waals surface area contributed by atoms with E-state index < -0.39 is 0 Å². The molecule has 5 heteroatoms. The highest BCUT2D eigenvalue weighted by atomic mass is 15.1. The maximum Gasteiger partial charge on any atom is 0.184 e. The third-order valence-electron chi connectivity index (χ3n) is 5.22. The van der Waals surface area contributed by atoms with Crippen LogP contribution in [-0.2, 0) is 0 Å². The van der Waals surface area contributed by atoms with Crippen molar-refractivity contribution in [1.29, 1.82) is 0 Å². The van der Waals surface area contributed by atoms with Gasteiger partial charge in [0.1, 0.15) is 5.69 Å². The second-order valence-electron chi connectivity index (χ2n) is 7.71. The monoisotopic (exact) mass is 415 g/mol. The Morgan fingerprint density at radius 1 is 0.406 bits per heavy atom. The van der Waals surface area contributed by atoms with Crippen molar-refractivity contribution in [1.82, 2.24) is 25.1 Å². The fraction of sp³-hybridized carbons (Fsp3) is 0.0741. The van der Waals surface area contributed by atoms with Crippen LogP contribution in [0.1, 0.15) is 11.1 Å². The van der Waals surface area contributed by atoms with Crippen molar-refractivity contribution < 1.29 is 0 Å². The normalized spacial score (nSPS) is 10.8. The molecule has 32 heavy (non-hydrogen) atoms. The van der Waals surface area contributed by atoms with Gasteiger partial charge in [0, 0.05) is 16.7 Å². The first-order valence-corrected chi connectivity index (χ1v) is 10.5. The largest absolute Gasteiger partial charge is 0.208 e. The number of hydrogen-bond donors (Lipinski definition) is 0. The molecule has 0 aliphatic carbocycles. The van der Waals surface area contributed by atoms with Crippen LogP contribution in [0.25, 0.3) is 45.6 Å². The second kappa shape index (κ2) is 8.47. The third-order valence-corrected chi connectivity index (χ3v) is 5.22. The molecule has 0 fully saturated rings. The first-order chi connectivity index (χ1) is 15.7. The predicted molar refractivity (Wildman–Crippen MR) is 127 cm³/mol. The topological polar surface area (TPSA) is 64.5 Å². The van der Waals surface area contributed by atoms with E-state index >= 15 is 0 Å². The molecule has 0 saturated heterocycles. The first-order valence-electron chi connectivity index (χ1n) is 10.5. The van der Waals surface area contributed by atoms with Gasteiger partial charge in [0.2, 0.25) is 0 Å². The molecule has 0 spiro atoms. The number of nitrogens with zero attached hydrogens (tertiary/aromatic N) is 5. The molecular weight excluding hydrogens is 394 g/mol. The maximum absolute atomic E-state index is 4.75. The van der Waals surface area contributed by atoms with Gasteiger partial charge in [-0.2, -0.15) is 0 Å². The fourth-order valence-corrected chi connectivity index (χ4v) is 3.37. The van der Waals surface area contributed by atoms with Gasteiger partial charge in [-0.25, -0.2) is 15.0 Å². The average Bonchev–Trinajstić information content (AvgIpc) is 2.85. The van der Waals surface area contributed by atoms with Crippen LogP contribution < -0.4 is 0 Å². The zero-order valence-corrected chi connectivity index (χ0v) is 17.9. The van der Waals surface area contributed by atoms with Gasteiger partial charge in [-0.05, 0) is 26.0 Å². The minimum Gasteiger partial charge on any atom is -0.208 e. The van der Waals surface area contributed by atoms with Crippen molar-refractivity contribution in [3.8, 4) is 45.6 Å². The summed E-state index contributed by atoms with van der Waals surface area (Å²) in [7, 11) is 0. The summed E-state index contributed by atoms with van der Waals surface area (Å²) in [5, 5.41) is 8.82. The Labute approximate surface area is 186 Å². The van der Waals surface area contributed by atoms with E-state index in [-0.39, 0.29) is 0 Å². The number of aromatic nitrogens is 5. The van der Waals surface area contributed by atoms with Gasteiger partial charge in [0.25, 0.3) is 0 Å². The molecule has 0 aliphatic heterocycles. The fourth-order valence-electron chi connectivity index (χ4n) is 3.37. The zero-order chi connectivity index (χ0) is 21.9. The van der Waals surface area contributed by atoms with Crippen LogP contribution >= 0.6 is 0 Å². The summed E-state index contributed by atoms with van der Waals surface area (Å²) in [4.78, 5) is 14.2. The van der Waals surface area contributed by atoms with E-state index in [0.29, 0.717) is 23.2 Å². The van der Waals surface area contributed by atoms with Crippen LogP contribution in [0.5, 0.6) is 0 Å². The molecule has 0 bridgehead atoms. The van der Waals surface area contributed by atoms with E-state index in [9.17, 15) is 0 Å². The van der Waals surface area contributed by atoms with Gasteiger partial charge in [0.05, 0.1) is 5.69 Å². The molecule has 3 aromatic carbocycles. The van der Waals surface area contributed by atoms with E-state index in [1.165, 1.54) is 11.1 Å². The summed E-state index contributed by atoms with van der Waals surface area (Å²) in [5.74, 6) is 1.72. The second-order valence-corrected chi connectivity index (χ2v) is 7.71. The van der Waals surface area contributed by atoms with Crippen LogP contribution in [-0.4, -0.2) is 25.1 Å². The molecule has 2 heterocycles. The van der Waals surface area contributed by atoms with Crippen LogP contribution in [0.3, 0.4) is 0 Å². The number of hydrogen-bond acceptors (Lipinski definition) is 5. The van der Waals surface area contributed by atoms with Crippen molar-refractivity contribution in [2.24, 2.45) is 0 Å². The van der Waals surface area contributed by atoms with E-state index in [0.717, 1.165) is 22.4 Å². The minimum absolute atomic E-state index is 0.498. The Hall–Kier alpha value is -4.25. The molecule has 0 amide bonds. The molecule has 0 saturated carbocycles. The molecule has 5 nitrogen and oxygen atoms in total. The molecule has 5 aromatic rings. The SMILES string of the molecule is Cc1ccc(-c2nc(-c3ccc(C)cc3)nc(-c3ccc(-c4ccccc4)nn3)n2)cc1. The van der Waals surface area contributed by atoms with Gasteiger partial charge >= 0.3 is 0 Å². The zero-order valence-electron chi connectivity index (χ0n) is 17.9. The van der Waals surface area contributed by atoms with Gasteiger partial charge in [-0.3, -0.25) is 0 Å². The Kier molecular flexibility index (Phi) is 5.22. The van der Waals surface area contributed by atoms with Crippen molar-refractivity contribution >= 4 is 0 Å². The smallest absolute Gasteiger partial charge is 0.184 e. The summed E-state index contributed by atoms with van der Waals surface area (Å²) in [6, 6.07) is 30.1. The number of aryl methyl sites for hydroxylation is 2. The average molecular weight is 416 g/mol. The molecule has 154 valence electrons. The lowest BCUT2D eigenvalue weighted by Crippen LogP contribution is -2.02. The molecular formula is C27H21N5. The standard InChI is InChI=1S/C27H21N5/c1-18-8-12-21(13-9-18)25-28-26(22-14-10-19(2)11-15-22)30-27(29-25)24-17-16-23(31-32-24)20-6-4-3-5-7-20/h3-17H,1-2H3. The predicted octanol–water partition coefficient (Wildman–Crippen LogP) is 5.95. The van der Waals surface area contributed by atoms with Crippen molar-refractivity contribution in [3.63, 3.8) is 0 Å². The van der Waals surface area contributed by atoms with E-state index in [1.807, 2.05) is 66.7 Å². The quantitative estimate of drug-likeness (QED) is 0.363.